The van der Waals surface area contributed by atoms with E-state index in [-0.39, 0.29) is 11.9 Å². The summed E-state index contributed by atoms with van der Waals surface area (Å²) in [6.07, 6.45) is -4.36. The van der Waals surface area contributed by atoms with Crippen molar-refractivity contribution in [2.45, 2.75) is 26.1 Å². The maximum atomic E-state index is 12.4. The molecule has 0 atom stereocenters. The van der Waals surface area contributed by atoms with E-state index in [1.54, 1.807) is 4.90 Å². The fourth-order valence-corrected chi connectivity index (χ4v) is 2.33. The predicted molar refractivity (Wildman–Crippen MR) is 85.2 cm³/mol. The number of piperazine rings is 1. The maximum Gasteiger partial charge on any atom is 0.435 e. The lowest BCUT2D eigenvalue weighted by Gasteiger charge is -2.34. The third kappa shape index (κ3) is 6.13. The van der Waals surface area contributed by atoms with Gasteiger partial charge in [-0.25, -0.2) is 4.79 Å². The van der Waals surface area contributed by atoms with Gasteiger partial charge in [-0.1, -0.05) is 0 Å². The van der Waals surface area contributed by atoms with Crippen molar-refractivity contribution >= 4 is 11.8 Å². The molecule has 1 aromatic heterocycles. The molecule has 25 heavy (non-hydrogen) atoms. The number of hydrogen-bond acceptors (Lipinski definition) is 5. The highest BCUT2D eigenvalue weighted by Crippen LogP contribution is 2.27. The molecule has 0 aromatic carbocycles. The van der Waals surface area contributed by atoms with Crippen LogP contribution < -0.4 is 5.32 Å². The number of amides is 2. The number of rotatable bonds is 5. The van der Waals surface area contributed by atoms with Crippen LogP contribution in [0.5, 0.6) is 0 Å². The third-order valence-corrected chi connectivity index (χ3v) is 3.71. The Kier molecular flexibility index (Phi) is 6.54. The van der Waals surface area contributed by atoms with Gasteiger partial charge in [-0.3, -0.25) is 10.2 Å². The summed E-state index contributed by atoms with van der Waals surface area (Å²) < 4.78 is 42.8. The number of anilines is 1. The number of urea groups is 1. The van der Waals surface area contributed by atoms with Crippen LogP contribution in [0.4, 0.5) is 23.8 Å². The standard InChI is InChI=1S/C15H22F3N5O2/c1-11(2)25-10-9-22-5-7-23(8-6-22)14(24)19-13-4-3-12(20-21-13)15(16,17)18/h3-4,11H,5-10H2,1-2H3,(H,19,21,24). The molecule has 1 aliphatic heterocycles. The molecule has 1 fully saturated rings. The Bertz CT molecular complexity index is 557. The second-order valence-electron chi connectivity index (χ2n) is 5.98. The van der Waals surface area contributed by atoms with E-state index in [9.17, 15) is 18.0 Å². The van der Waals surface area contributed by atoms with Crippen LogP contribution in [-0.4, -0.2) is 71.5 Å². The molecular formula is C15H22F3N5O2. The highest BCUT2D eigenvalue weighted by atomic mass is 19.4. The summed E-state index contributed by atoms with van der Waals surface area (Å²) in [5.74, 6) is -0.00855. The Morgan fingerprint density at radius 1 is 1.24 bits per heavy atom. The van der Waals surface area contributed by atoms with Crippen LogP contribution in [0.3, 0.4) is 0 Å². The highest BCUT2D eigenvalue weighted by molar-refractivity contribution is 5.88. The van der Waals surface area contributed by atoms with Crippen molar-refractivity contribution in [1.82, 2.24) is 20.0 Å². The van der Waals surface area contributed by atoms with E-state index < -0.39 is 17.9 Å². The number of ether oxygens (including phenoxy) is 1. The molecule has 0 spiro atoms. The Labute approximate surface area is 144 Å². The number of aromatic nitrogens is 2. The van der Waals surface area contributed by atoms with Gasteiger partial charge in [0.15, 0.2) is 11.5 Å². The molecule has 0 unspecified atom stereocenters. The minimum atomic E-state index is -4.55. The van der Waals surface area contributed by atoms with Crippen molar-refractivity contribution in [3.05, 3.63) is 17.8 Å². The largest absolute Gasteiger partial charge is 0.435 e. The van der Waals surface area contributed by atoms with Gasteiger partial charge in [0.2, 0.25) is 0 Å². The first-order valence-corrected chi connectivity index (χ1v) is 8.06. The number of alkyl halides is 3. The summed E-state index contributed by atoms with van der Waals surface area (Å²) in [6, 6.07) is 1.48. The number of nitrogens with one attached hydrogen (secondary N) is 1. The van der Waals surface area contributed by atoms with Crippen molar-refractivity contribution in [3.63, 3.8) is 0 Å². The minimum absolute atomic E-state index is 0.00855. The fraction of sp³-hybridized carbons (Fsp3) is 0.667. The molecule has 1 saturated heterocycles. The van der Waals surface area contributed by atoms with Gasteiger partial charge in [-0.15, -0.1) is 10.2 Å². The van der Waals surface area contributed by atoms with Gasteiger partial charge in [0.05, 0.1) is 12.7 Å². The van der Waals surface area contributed by atoms with Crippen LogP contribution in [0.1, 0.15) is 19.5 Å². The van der Waals surface area contributed by atoms with Crippen LogP contribution in [0.15, 0.2) is 12.1 Å². The zero-order valence-corrected chi connectivity index (χ0v) is 14.2. The van der Waals surface area contributed by atoms with Crippen LogP contribution in [0.2, 0.25) is 0 Å². The molecule has 0 bridgehead atoms. The molecule has 2 rings (SSSR count). The average molecular weight is 361 g/mol. The quantitative estimate of drug-likeness (QED) is 0.869. The highest BCUT2D eigenvalue weighted by Gasteiger charge is 2.33. The normalized spacial score (nSPS) is 16.3. The molecule has 10 heteroatoms. The van der Waals surface area contributed by atoms with Crippen molar-refractivity contribution in [3.8, 4) is 0 Å². The number of halogens is 3. The summed E-state index contributed by atoms with van der Waals surface area (Å²) in [5, 5.41) is 8.94. The molecule has 2 amide bonds. The summed E-state index contributed by atoms with van der Waals surface area (Å²) in [7, 11) is 0. The van der Waals surface area contributed by atoms with E-state index in [0.717, 1.165) is 18.7 Å². The fourth-order valence-electron chi connectivity index (χ4n) is 2.33. The lowest BCUT2D eigenvalue weighted by atomic mass is 10.3. The van der Waals surface area contributed by atoms with Crippen LogP contribution in [-0.2, 0) is 10.9 Å². The first kappa shape index (κ1) is 19.4. The number of carbonyl (C=O) groups is 1. The third-order valence-electron chi connectivity index (χ3n) is 3.71. The molecule has 1 N–H and O–H groups in total. The van der Waals surface area contributed by atoms with E-state index in [1.165, 1.54) is 0 Å². The van der Waals surface area contributed by atoms with Gasteiger partial charge in [-0.2, -0.15) is 13.2 Å². The molecule has 140 valence electrons. The zero-order chi connectivity index (χ0) is 18.4. The van der Waals surface area contributed by atoms with Crippen LogP contribution >= 0.6 is 0 Å². The summed E-state index contributed by atoms with van der Waals surface area (Å²) in [4.78, 5) is 15.9. The zero-order valence-electron chi connectivity index (χ0n) is 14.2. The summed E-state index contributed by atoms with van der Waals surface area (Å²) in [6.45, 7) is 7.89. The Morgan fingerprint density at radius 3 is 2.44 bits per heavy atom. The lowest BCUT2D eigenvalue weighted by molar-refractivity contribution is -0.141. The van der Waals surface area contributed by atoms with Gasteiger partial charge < -0.3 is 9.64 Å². The first-order chi connectivity index (χ1) is 11.8. The smallest absolute Gasteiger partial charge is 0.377 e. The Morgan fingerprint density at radius 2 is 1.92 bits per heavy atom. The van der Waals surface area contributed by atoms with Crippen LogP contribution in [0, 0.1) is 0 Å². The molecule has 1 aromatic rings. The van der Waals surface area contributed by atoms with Gasteiger partial charge in [0, 0.05) is 32.7 Å². The van der Waals surface area contributed by atoms with Crippen LogP contribution in [0.25, 0.3) is 0 Å². The summed E-state index contributed by atoms with van der Waals surface area (Å²) >= 11 is 0. The van der Waals surface area contributed by atoms with Crippen molar-refractivity contribution in [2.24, 2.45) is 0 Å². The molecule has 2 heterocycles. The number of carbonyl (C=O) groups excluding carboxylic acids is 1. The second-order valence-corrected chi connectivity index (χ2v) is 5.98. The van der Waals surface area contributed by atoms with E-state index >= 15 is 0 Å². The van der Waals surface area contributed by atoms with Crippen molar-refractivity contribution < 1.29 is 22.7 Å². The maximum absolute atomic E-state index is 12.4. The molecule has 7 nitrogen and oxygen atoms in total. The first-order valence-electron chi connectivity index (χ1n) is 8.06. The lowest BCUT2D eigenvalue weighted by Crippen LogP contribution is -2.50. The van der Waals surface area contributed by atoms with Gasteiger partial charge in [0.1, 0.15) is 0 Å². The molecule has 0 saturated carbocycles. The van der Waals surface area contributed by atoms with E-state index in [0.29, 0.717) is 32.8 Å². The molecule has 0 aliphatic carbocycles. The Hall–Kier alpha value is -1.94. The van der Waals surface area contributed by atoms with Crippen molar-refractivity contribution in [1.29, 1.82) is 0 Å². The molecular weight excluding hydrogens is 339 g/mol. The van der Waals surface area contributed by atoms with Gasteiger partial charge in [0.25, 0.3) is 0 Å². The predicted octanol–water partition coefficient (Wildman–Crippen LogP) is 2.07. The van der Waals surface area contributed by atoms with E-state index in [4.69, 9.17) is 4.74 Å². The van der Waals surface area contributed by atoms with Crippen molar-refractivity contribution in [2.75, 3.05) is 44.6 Å². The molecule has 0 radical (unpaired) electrons. The topological polar surface area (TPSA) is 70.6 Å². The van der Waals surface area contributed by atoms with E-state index in [2.05, 4.69) is 20.4 Å². The number of nitrogens with zero attached hydrogens (tertiary/aromatic N) is 4. The average Bonchev–Trinajstić information content (AvgIpc) is 2.55. The van der Waals surface area contributed by atoms with Gasteiger partial charge >= 0.3 is 12.2 Å². The van der Waals surface area contributed by atoms with Gasteiger partial charge in [-0.05, 0) is 26.0 Å². The Balaban J connectivity index is 1.77. The monoisotopic (exact) mass is 361 g/mol. The summed E-state index contributed by atoms with van der Waals surface area (Å²) in [5.41, 5.74) is -1.09. The number of hydrogen-bond donors (Lipinski definition) is 1. The minimum Gasteiger partial charge on any atom is -0.377 e. The van der Waals surface area contributed by atoms with E-state index in [1.807, 2.05) is 13.8 Å². The molecule has 1 aliphatic rings. The second kappa shape index (κ2) is 8.43. The SMILES string of the molecule is CC(C)OCCN1CCN(C(=O)Nc2ccc(C(F)(F)F)nn2)CC1.